The Labute approximate surface area is 112 Å². The topological polar surface area (TPSA) is 64.6 Å². The lowest BCUT2D eigenvalue weighted by atomic mass is 10.2. The molecule has 1 amide bonds. The number of methoxy groups -OCH3 is 1. The van der Waals surface area contributed by atoms with Crippen LogP contribution in [-0.2, 0) is 9.53 Å². The molecule has 0 heterocycles. The third kappa shape index (κ3) is 5.42. The third-order valence-corrected chi connectivity index (χ3v) is 2.43. The molecule has 0 aliphatic rings. The van der Waals surface area contributed by atoms with Crippen LogP contribution in [0.15, 0.2) is 24.3 Å². The Hall–Kier alpha value is -2.04. The van der Waals surface area contributed by atoms with Gasteiger partial charge in [0.05, 0.1) is 20.1 Å². The Morgan fingerprint density at radius 1 is 1.21 bits per heavy atom. The van der Waals surface area contributed by atoms with Gasteiger partial charge in [-0.1, -0.05) is 6.92 Å². The Kier molecular flexibility index (Phi) is 6.43. The summed E-state index contributed by atoms with van der Waals surface area (Å²) in [6.07, 6.45) is 1.11. The molecule has 0 spiro atoms. The SMILES string of the molecule is CCCOc1ccc(C(=O)NCCC(=O)OC)cc1. The number of hydrogen-bond acceptors (Lipinski definition) is 4. The smallest absolute Gasteiger partial charge is 0.307 e. The molecule has 0 unspecified atom stereocenters. The summed E-state index contributed by atoms with van der Waals surface area (Å²) in [6.45, 7) is 2.95. The van der Waals surface area contributed by atoms with Crippen molar-refractivity contribution in [3.05, 3.63) is 29.8 Å². The van der Waals surface area contributed by atoms with Gasteiger partial charge in [-0.15, -0.1) is 0 Å². The van der Waals surface area contributed by atoms with Gasteiger partial charge in [0.1, 0.15) is 5.75 Å². The number of benzene rings is 1. The summed E-state index contributed by atoms with van der Waals surface area (Å²) in [6, 6.07) is 6.90. The fourth-order valence-electron chi connectivity index (χ4n) is 1.40. The van der Waals surface area contributed by atoms with Crippen LogP contribution in [0.4, 0.5) is 0 Å². The van der Waals surface area contributed by atoms with Crippen LogP contribution in [-0.4, -0.2) is 32.1 Å². The van der Waals surface area contributed by atoms with Crippen LogP contribution in [0.25, 0.3) is 0 Å². The van der Waals surface area contributed by atoms with Gasteiger partial charge in [-0.2, -0.15) is 0 Å². The first kappa shape index (κ1) is 15.0. The van der Waals surface area contributed by atoms with Gasteiger partial charge in [-0.25, -0.2) is 0 Å². The molecule has 0 radical (unpaired) electrons. The minimum absolute atomic E-state index is 0.167. The quantitative estimate of drug-likeness (QED) is 0.763. The highest BCUT2D eigenvalue weighted by atomic mass is 16.5. The first-order valence-electron chi connectivity index (χ1n) is 6.25. The number of nitrogens with one attached hydrogen (secondary N) is 1. The van der Waals surface area contributed by atoms with Crippen LogP contribution < -0.4 is 10.1 Å². The lowest BCUT2D eigenvalue weighted by molar-refractivity contribution is -0.140. The van der Waals surface area contributed by atoms with Crippen LogP contribution in [0.1, 0.15) is 30.1 Å². The molecule has 0 aliphatic heterocycles. The van der Waals surface area contributed by atoms with Crippen molar-refractivity contribution >= 4 is 11.9 Å². The van der Waals surface area contributed by atoms with E-state index in [0.29, 0.717) is 12.2 Å². The van der Waals surface area contributed by atoms with Crippen molar-refractivity contribution in [3.63, 3.8) is 0 Å². The van der Waals surface area contributed by atoms with Gasteiger partial charge < -0.3 is 14.8 Å². The second-order valence-corrected chi connectivity index (χ2v) is 3.95. The molecule has 104 valence electrons. The molecule has 19 heavy (non-hydrogen) atoms. The van der Waals surface area contributed by atoms with E-state index in [-0.39, 0.29) is 24.8 Å². The molecule has 1 rings (SSSR count). The highest BCUT2D eigenvalue weighted by molar-refractivity contribution is 5.94. The molecule has 0 aliphatic carbocycles. The summed E-state index contributed by atoms with van der Waals surface area (Å²) < 4.78 is 9.91. The first-order chi connectivity index (χ1) is 9.17. The van der Waals surface area contributed by atoms with E-state index < -0.39 is 0 Å². The molecule has 0 aromatic heterocycles. The van der Waals surface area contributed by atoms with Gasteiger partial charge in [0.15, 0.2) is 0 Å². The van der Waals surface area contributed by atoms with Crippen LogP contribution in [0.5, 0.6) is 5.75 Å². The van der Waals surface area contributed by atoms with Crippen molar-refractivity contribution < 1.29 is 19.1 Å². The average Bonchev–Trinajstić information content (AvgIpc) is 2.45. The highest BCUT2D eigenvalue weighted by Crippen LogP contribution is 2.12. The first-order valence-corrected chi connectivity index (χ1v) is 6.25. The summed E-state index contributed by atoms with van der Waals surface area (Å²) in [5.74, 6) is 0.183. The summed E-state index contributed by atoms with van der Waals surface area (Å²) >= 11 is 0. The minimum atomic E-state index is -0.344. The van der Waals surface area contributed by atoms with Crippen molar-refractivity contribution in [1.29, 1.82) is 0 Å². The zero-order valence-electron chi connectivity index (χ0n) is 11.3. The van der Waals surface area contributed by atoms with E-state index >= 15 is 0 Å². The van der Waals surface area contributed by atoms with Gasteiger partial charge in [-0.05, 0) is 30.7 Å². The monoisotopic (exact) mass is 265 g/mol. The van der Waals surface area contributed by atoms with Crippen LogP contribution in [0, 0.1) is 0 Å². The van der Waals surface area contributed by atoms with Crippen molar-refractivity contribution in [1.82, 2.24) is 5.32 Å². The molecule has 0 bridgehead atoms. The maximum absolute atomic E-state index is 11.7. The van der Waals surface area contributed by atoms with Crippen molar-refractivity contribution in [2.24, 2.45) is 0 Å². The summed E-state index contributed by atoms with van der Waals surface area (Å²) in [4.78, 5) is 22.6. The normalized spacial score (nSPS) is 9.79. The van der Waals surface area contributed by atoms with E-state index in [0.717, 1.165) is 12.2 Å². The standard InChI is InChI=1S/C14H19NO4/c1-3-10-19-12-6-4-11(5-7-12)14(17)15-9-8-13(16)18-2/h4-7H,3,8-10H2,1-2H3,(H,15,17). The predicted octanol–water partition coefficient (Wildman–Crippen LogP) is 1.77. The second kappa shape index (κ2) is 8.13. The number of amides is 1. The molecule has 0 fully saturated rings. The highest BCUT2D eigenvalue weighted by Gasteiger charge is 2.06. The number of hydrogen-bond donors (Lipinski definition) is 1. The largest absolute Gasteiger partial charge is 0.494 e. The zero-order valence-corrected chi connectivity index (χ0v) is 11.3. The molecule has 0 saturated carbocycles. The summed E-state index contributed by atoms with van der Waals surface area (Å²) in [5, 5.41) is 2.65. The van der Waals surface area contributed by atoms with Crippen LogP contribution >= 0.6 is 0 Å². The minimum Gasteiger partial charge on any atom is -0.494 e. The van der Waals surface area contributed by atoms with Crippen LogP contribution in [0.2, 0.25) is 0 Å². The molecule has 5 heteroatoms. The van der Waals surface area contributed by atoms with E-state index in [4.69, 9.17) is 4.74 Å². The summed E-state index contributed by atoms with van der Waals surface area (Å²) in [7, 11) is 1.32. The zero-order chi connectivity index (χ0) is 14.1. The lowest BCUT2D eigenvalue weighted by Gasteiger charge is -2.07. The van der Waals surface area contributed by atoms with Crippen LogP contribution in [0.3, 0.4) is 0 Å². The van der Waals surface area contributed by atoms with Crippen molar-refractivity contribution in [2.75, 3.05) is 20.3 Å². The molecule has 1 aromatic carbocycles. The predicted molar refractivity (Wildman–Crippen MR) is 71.2 cm³/mol. The Morgan fingerprint density at radius 3 is 2.47 bits per heavy atom. The summed E-state index contributed by atoms with van der Waals surface area (Å²) in [5.41, 5.74) is 0.536. The Balaban J connectivity index is 2.42. The van der Waals surface area contributed by atoms with E-state index in [2.05, 4.69) is 10.1 Å². The van der Waals surface area contributed by atoms with Crippen molar-refractivity contribution in [2.45, 2.75) is 19.8 Å². The molecule has 0 saturated heterocycles. The number of ether oxygens (including phenoxy) is 2. The Morgan fingerprint density at radius 2 is 1.89 bits per heavy atom. The van der Waals surface area contributed by atoms with Gasteiger partial charge in [0.2, 0.25) is 0 Å². The molecule has 0 atom stereocenters. The van der Waals surface area contributed by atoms with E-state index in [1.165, 1.54) is 7.11 Å². The average molecular weight is 265 g/mol. The maximum Gasteiger partial charge on any atom is 0.307 e. The van der Waals surface area contributed by atoms with Gasteiger partial charge in [0.25, 0.3) is 5.91 Å². The fraction of sp³-hybridized carbons (Fsp3) is 0.429. The van der Waals surface area contributed by atoms with E-state index in [1.807, 2.05) is 6.92 Å². The molecule has 1 aromatic rings. The van der Waals surface area contributed by atoms with Gasteiger partial charge in [0, 0.05) is 12.1 Å². The second-order valence-electron chi connectivity index (χ2n) is 3.95. The van der Waals surface area contributed by atoms with Crippen molar-refractivity contribution in [3.8, 4) is 5.75 Å². The van der Waals surface area contributed by atoms with E-state index in [9.17, 15) is 9.59 Å². The molecule has 1 N–H and O–H groups in total. The Bertz CT molecular complexity index is 414. The lowest BCUT2D eigenvalue weighted by Crippen LogP contribution is -2.26. The van der Waals surface area contributed by atoms with Gasteiger partial charge >= 0.3 is 5.97 Å². The number of rotatable bonds is 7. The number of carbonyl (C=O) groups excluding carboxylic acids is 2. The van der Waals surface area contributed by atoms with Gasteiger partial charge in [-0.3, -0.25) is 9.59 Å². The third-order valence-electron chi connectivity index (χ3n) is 2.43. The number of carbonyl (C=O) groups is 2. The van der Waals surface area contributed by atoms with E-state index in [1.54, 1.807) is 24.3 Å². The fourth-order valence-corrected chi connectivity index (χ4v) is 1.40. The number of esters is 1. The maximum atomic E-state index is 11.7. The molecular weight excluding hydrogens is 246 g/mol. The molecule has 5 nitrogen and oxygen atoms in total. The molecular formula is C14H19NO4.